The second-order valence-corrected chi connectivity index (χ2v) is 5.36. The number of benzene rings is 1. The van der Waals surface area contributed by atoms with Crippen molar-refractivity contribution in [3.8, 4) is 0 Å². The summed E-state index contributed by atoms with van der Waals surface area (Å²) in [5.74, 6) is 1.05. The van der Waals surface area contributed by atoms with Crippen molar-refractivity contribution in [3.63, 3.8) is 0 Å². The summed E-state index contributed by atoms with van der Waals surface area (Å²) in [4.78, 5) is 0. The fourth-order valence-corrected chi connectivity index (χ4v) is 3.21. The Hall–Kier alpha value is -1.35. The zero-order chi connectivity index (χ0) is 13.2. The molecule has 1 saturated carbocycles. The van der Waals surface area contributed by atoms with Gasteiger partial charge in [-0.25, -0.2) is 4.39 Å². The molecule has 1 fully saturated rings. The molecule has 2 unspecified atom stereocenters. The van der Waals surface area contributed by atoms with Gasteiger partial charge in [0.25, 0.3) is 0 Å². The van der Waals surface area contributed by atoms with E-state index in [0.29, 0.717) is 17.5 Å². The van der Waals surface area contributed by atoms with Crippen molar-refractivity contribution < 1.29 is 8.81 Å². The molecule has 19 heavy (non-hydrogen) atoms. The number of furan rings is 1. The molecule has 102 valence electrons. The summed E-state index contributed by atoms with van der Waals surface area (Å²) in [6.07, 6.45) is 4.80. The third kappa shape index (κ3) is 2.39. The fourth-order valence-electron chi connectivity index (χ4n) is 3.21. The second-order valence-electron chi connectivity index (χ2n) is 5.36. The Morgan fingerprint density at radius 1 is 1.32 bits per heavy atom. The van der Waals surface area contributed by atoms with Gasteiger partial charge < -0.3 is 9.73 Å². The number of likely N-dealkylation sites (N-methyl/N-ethyl adjacent to an activating group) is 1. The van der Waals surface area contributed by atoms with Crippen LogP contribution in [0.1, 0.15) is 44.3 Å². The highest BCUT2D eigenvalue weighted by molar-refractivity contribution is 5.78. The lowest BCUT2D eigenvalue weighted by Gasteiger charge is -2.30. The molecule has 1 aromatic heterocycles. The third-order valence-corrected chi connectivity index (χ3v) is 4.11. The zero-order valence-electron chi connectivity index (χ0n) is 11.3. The van der Waals surface area contributed by atoms with Crippen molar-refractivity contribution in [3.05, 3.63) is 35.8 Å². The number of halogens is 1. The summed E-state index contributed by atoms with van der Waals surface area (Å²) in [6.45, 7) is 3.10. The van der Waals surface area contributed by atoms with Crippen molar-refractivity contribution in [1.82, 2.24) is 5.32 Å². The molecule has 0 amide bonds. The normalized spacial score (nSPS) is 23.9. The number of hydrogen-bond donors (Lipinski definition) is 1. The van der Waals surface area contributed by atoms with Crippen LogP contribution in [-0.2, 0) is 0 Å². The highest BCUT2D eigenvalue weighted by Gasteiger charge is 2.28. The Bertz CT molecular complexity index is 561. The molecular formula is C16H20FNO. The van der Waals surface area contributed by atoms with Gasteiger partial charge in [0.1, 0.15) is 5.76 Å². The minimum absolute atomic E-state index is 0.264. The second kappa shape index (κ2) is 5.33. The minimum atomic E-state index is -0.264. The number of nitrogens with one attached hydrogen (secondary N) is 1. The zero-order valence-corrected chi connectivity index (χ0v) is 11.3. The van der Waals surface area contributed by atoms with Crippen LogP contribution in [0.4, 0.5) is 4.39 Å². The molecule has 0 bridgehead atoms. The van der Waals surface area contributed by atoms with Gasteiger partial charge in [-0.3, -0.25) is 0 Å². The van der Waals surface area contributed by atoms with Gasteiger partial charge in [0.15, 0.2) is 11.4 Å². The quantitative estimate of drug-likeness (QED) is 0.895. The van der Waals surface area contributed by atoms with E-state index in [1.54, 1.807) is 6.07 Å². The van der Waals surface area contributed by atoms with E-state index in [9.17, 15) is 4.39 Å². The van der Waals surface area contributed by atoms with Crippen LogP contribution >= 0.6 is 0 Å². The molecular weight excluding hydrogens is 241 g/mol. The maximum atomic E-state index is 13.7. The van der Waals surface area contributed by atoms with Gasteiger partial charge >= 0.3 is 0 Å². The molecule has 2 aromatic rings. The minimum Gasteiger partial charge on any atom is -0.458 e. The van der Waals surface area contributed by atoms with E-state index in [0.717, 1.165) is 24.1 Å². The maximum Gasteiger partial charge on any atom is 0.169 e. The average Bonchev–Trinajstić information content (AvgIpc) is 2.85. The molecule has 2 atom stereocenters. The van der Waals surface area contributed by atoms with E-state index >= 15 is 0 Å². The highest BCUT2D eigenvalue weighted by Crippen LogP contribution is 2.36. The molecule has 1 aromatic carbocycles. The monoisotopic (exact) mass is 261 g/mol. The largest absolute Gasteiger partial charge is 0.458 e. The van der Waals surface area contributed by atoms with Crippen LogP contribution in [-0.4, -0.2) is 12.6 Å². The topological polar surface area (TPSA) is 25.2 Å². The first-order chi connectivity index (χ1) is 9.29. The summed E-state index contributed by atoms with van der Waals surface area (Å²) in [5.41, 5.74) is 0.401. The summed E-state index contributed by atoms with van der Waals surface area (Å²) >= 11 is 0. The number of rotatable bonds is 3. The van der Waals surface area contributed by atoms with Gasteiger partial charge in [0, 0.05) is 17.3 Å². The predicted molar refractivity (Wildman–Crippen MR) is 74.8 cm³/mol. The Morgan fingerprint density at radius 2 is 2.16 bits per heavy atom. The molecule has 1 N–H and O–H groups in total. The number of hydrogen-bond acceptors (Lipinski definition) is 2. The van der Waals surface area contributed by atoms with Gasteiger partial charge in [-0.1, -0.05) is 31.9 Å². The molecule has 0 spiro atoms. The van der Waals surface area contributed by atoms with Crippen molar-refractivity contribution in [1.29, 1.82) is 0 Å². The Balaban J connectivity index is 1.95. The number of fused-ring (bicyclic) bond motifs is 1. The summed E-state index contributed by atoms with van der Waals surface area (Å²) in [5, 5.41) is 4.41. The van der Waals surface area contributed by atoms with Crippen molar-refractivity contribution in [2.75, 3.05) is 6.54 Å². The lowest BCUT2D eigenvalue weighted by molar-refractivity contribution is 0.300. The predicted octanol–water partition coefficient (Wildman–Crippen LogP) is 4.21. The molecule has 1 aliphatic carbocycles. The van der Waals surface area contributed by atoms with E-state index in [1.807, 2.05) is 12.1 Å². The van der Waals surface area contributed by atoms with Crippen molar-refractivity contribution in [2.45, 2.75) is 44.6 Å². The maximum absolute atomic E-state index is 13.7. The molecule has 1 aliphatic rings. The first-order valence-corrected chi connectivity index (χ1v) is 7.21. The molecule has 3 rings (SSSR count). The molecule has 0 radical (unpaired) electrons. The van der Waals surface area contributed by atoms with E-state index in [-0.39, 0.29) is 5.82 Å². The van der Waals surface area contributed by atoms with E-state index in [1.165, 1.54) is 25.3 Å². The van der Waals surface area contributed by atoms with Gasteiger partial charge in [0.2, 0.25) is 0 Å². The molecule has 0 aliphatic heterocycles. The van der Waals surface area contributed by atoms with Crippen molar-refractivity contribution >= 4 is 11.0 Å². The van der Waals surface area contributed by atoms with Gasteiger partial charge in [-0.15, -0.1) is 0 Å². The van der Waals surface area contributed by atoms with Crippen LogP contribution in [0.3, 0.4) is 0 Å². The van der Waals surface area contributed by atoms with Gasteiger partial charge in [0.05, 0.1) is 0 Å². The Labute approximate surface area is 113 Å². The molecule has 0 saturated heterocycles. The summed E-state index contributed by atoms with van der Waals surface area (Å²) in [7, 11) is 0. The standard InChI is InChI=1S/C16H20FNO/c1-2-18-14-9-4-3-7-12(14)15-10-11-6-5-8-13(17)16(11)19-15/h5-6,8,10,12,14,18H,2-4,7,9H2,1H3. The van der Waals surface area contributed by atoms with Crippen LogP contribution < -0.4 is 5.32 Å². The van der Waals surface area contributed by atoms with Gasteiger partial charge in [-0.2, -0.15) is 0 Å². The summed E-state index contributed by atoms with van der Waals surface area (Å²) in [6, 6.07) is 7.58. The summed E-state index contributed by atoms with van der Waals surface area (Å²) < 4.78 is 19.5. The average molecular weight is 261 g/mol. The smallest absolute Gasteiger partial charge is 0.169 e. The van der Waals surface area contributed by atoms with E-state index in [2.05, 4.69) is 12.2 Å². The Kier molecular flexibility index (Phi) is 3.56. The highest BCUT2D eigenvalue weighted by atomic mass is 19.1. The first kappa shape index (κ1) is 12.7. The Morgan fingerprint density at radius 3 is 2.95 bits per heavy atom. The lowest BCUT2D eigenvalue weighted by atomic mass is 9.83. The molecule has 3 heteroatoms. The lowest BCUT2D eigenvalue weighted by Crippen LogP contribution is -2.36. The number of para-hydroxylation sites is 1. The van der Waals surface area contributed by atoms with Crippen LogP contribution in [0.5, 0.6) is 0 Å². The van der Waals surface area contributed by atoms with Crippen LogP contribution in [0.2, 0.25) is 0 Å². The first-order valence-electron chi connectivity index (χ1n) is 7.21. The van der Waals surface area contributed by atoms with Crippen LogP contribution in [0.15, 0.2) is 28.7 Å². The fraction of sp³-hybridized carbons (Fsp3) is 0.500. The van der Waals surface area contributed by atoms with E-state index < -0.39 is 0 Å². The molecule has 1 heterocycles. The third-order valence-electron chi connectivity index (χ3n) is 4.11. The van der Waals surface area contributed by atoms with Crippen LogP contribution in [0, 0.1) is 5.82 Å². The SMILES string of the molecule is CCNC1CCCCC1c1cc2cccc(F)c2o1. The van der Waals surface area contributed by atoms with E-state index in [4.69, 9.17) is 4.42 Å². The van der Waals surface area contributed by atoms with Crippen LogP contribution in [0.25, 0.3) is 11.0 Å². The van der Waals surface area contributed by atoms with Crippen molar-refractivity contribution in [2.24, 2.45) is 0 Å². The molecule has 2 nitrogen and oxygen atoms in total. The van der Waals surface area contributed by atoms with Gasteiger partial charge in [-0.05, 0) is 31.5 Å².